The summed E-state index contributed by atoms with van der Waals surface area (Å²) in [5.74, 6) is -2.13. The van der Waals surface area contributed by atoms with Gasteiger partial charge in [0.15, 0.2) is 18.5 Å². The summed E-state index contributed by atoms with van der Waals surface area (Å²) < 4.78 is 29.5. The van der Waals surface area contributed by atoms with E-state index in [1.807, 2.05) is 13.8 Å². The molecular weight excluding hydrogens is 552 g/mol. The SMILES string of the molecule is C=CCCC(C)(C)O[C@@H]1O[C@H](COC(=O)c2ccccc2)[C@@H](OC(=O)c2ccccc2)[C@H](OC(=O)c2ccccc2)[C@H]1O. The topological polar surface area (TPSA) is 118 Å². The van der Waals surface area contributed by atoms with Gasteiger partial charge >= 0.3 is 17.9 Å². The maximum Gasteiger partial charge on any atom is 0.338 e. The van der Waals surface area contributed by atoms with Crippen molar-refractivity contribution in [2.75, 3.05) is 6.61 Å². The first-order valence-corrected chi connectivity index (χ1v) is 14.0. The van der Waals surface area contributed by atoms with E-state index >= 15 is 0 Å². The van der Waals surface area contributed by atoms with Gasteiger partial charge in [-0.15, -0.1) is 6.58 Å². The summed E-state index contributed by atoms with van der Waals surface area (Å²) in [6.07, 6.45) is -3.92. The fourth-order valence-electron chi connectivity index (χ4n) is 4.57. The van der Waals surface area contributed by atoms with Crippen molar-refractivity contribution in [1.29, 1.82) is 0 Å². The number of carbonyl (C=O) groups is 3. The highest BCUT2D eigenvalue weighted by molar-refractivity contribution is 5.90. The lowest BCUT2D eigenvalue weighted by Crippen LogP contribution is -2.63. The van der Waals surface area contributed by atoms with Crippen LogP contribution < -0.4 is 0 Å². The lowest BCUT2D eigenvalue weighted by molar-refractivity contribution is -0.321. The molecule has 9 heteroatoms. The molecule has 3 aromatic rings. The molecule has 5 atom stereocenters. The summed E-state index contributed by atoms with van der Waals surface area (Å²) in [4.78, 5) is 39.2. The van der Waals surface area contributed by atoms with E-state index in [4.69, 9.17) is 23.7 Å². The first kappa shape index (κ1) is 31.6. The molecule has 0 spiro atoms. The van der Waals surface area contributed by atoms with Gasteiger partial charge in [-0.05, 0) is 63.1 Å². The minimum Gasteiger partial charge on any atom is -0.459 e. The van der Waals surface area contributed by atoms with E-state index in [2.05, 4.69) is 6.58 Å². The van der Waals surface area contributed by atoms with Gasteiger partial charge in [-0.3, -0.25) is 0 Å². The Morgan fingerprint density at radius 3 is 1.74 bits per heavy atom. The van der Waals surface area contributed by atoms with Gasteiger partial charge in [0.05, 0.1) is 22.3 Å². The maximum atomic E-state index is 13.2. The zero-order valence-corrected chi connectivity index (χ0v) is 24.2. The highest BCUT2D eigenvalue weighted by Gasteiger charge is 2.52. The Morgan fingerprint density at radius 2 is 1.26 bits per heavy atom. The van der Waals surface area contributed by atoms with Gasteiger partial charge < -0.3 is 28.8 Å². The Balaban J connectivity index is 1.66. The van der Waals surface area contributed by atoms with E-state index in [1.54, 1.807) is 97.1 Å². The molecule has 0 saturated carbocycles. The minimum atomic E-state index is -1.56. The number of aliphatic hydroxyl groups is 1. The molecule has 0 aliphatic carbocycles. The molecule has 226 valence electrons. The third-order valence-electron chi connectivity index (χ3n) is 6.89. The fraction of sp³-hybridized carbons (Fsp3) is 0.324. The van der Waals surface area contributed by atoms with Gasteiger partial charge in [0.2, 0.25) is 0 Å². The van der Waals surface area contributed by atoms with Crippen molar-refractivity contribution in [3.8, 4) is 0 Å². The Morgan fingerprint density at radius 1 is 0.791 bits per heavy atom. The van der Waals surface area contributed by atoms with Crippen LogP contribution in [0.4, 0.5) is 0 Å². The zero-order chi connectivity index (χ0) is 30.8. The molecule has 0 unspecified atom stereocenters. The van der Waals surface area contributed by atoms with Crippen LogP contribution in [0.25, 0.3) is 0 Å². The molecule has 0 bridgehead atoms. The molecule has 3 aromatic carbocycles. The van der Waals surface area contributed by atoms with Crippen LogP contribution in [-0.2, 0) is 23.7 Å². The van der Waals surface area contributed by atoms with E-state index < -0.39 is 54.2 Å². The molecule has 1 aliphatic rings. The lowest BCUT2D eigenvalue weighted by Gasteiger charge is -2.45. The normalized spacial score (nSPS) is 21.8. The summed E-state index contributed by atoms with van der Waals surface area (Å²) in [5, 5.41) is 11.5. The Labute approximate surface area is 251 Å². The fourth-order valence-corrected chi connectivity index (χ4v) is 4.57. The summed E-state index contributed by atoms with van der Waals surface area (Å²) in [7, 11) is 0. The molecule has 0 amide bonds. The van der Waals surface area contributed by atoms with E-state index in [-0.39, 0.29) is 17.7 Å². The Bertz CT molecular complexity index is 1360. The number of hydrogen-bond acceptors (Lipinski definition) is 9. The van der Waals surface area contributed by atoms with Crippen molar-refractivity contribution >= 4 is 17.9 Å². The van der Waals surface area contributed by atoms with Crippen LogP contribution in [0.5, 0.6) is 0 Å². The van der Waals surface area contributed by atoms with Crippen LogP contribution in [0.3, 0.4) is 0 Å². The molecule has 4 rings (SSSR count). The summed E-state index contributed by atoms with van der Waals surface area (Å²) in [6.45, 7) is 7.01. The van der Waals surface area contributed by atoms with E-state index in [9.17, 15) is 19.5 Å². The molecule has 1 saturated heterocycles. The number of ether oxygens (including phenoxy) is 5. The van der Waals surface area contributed by atoms with Crippen molar-refractivity contribution in [3.05, 3.63) is 120 Å². The highest BCUT2D eigenvalue weighted by Crippen LogP contribution is 2.32. The van der Waals surface area contributed by atoms with Crippen LogP contribution in [0.1, 0.15) is 57.8 Å². The van der Waals surface area contributed by atoms with Crippen LogP contribution in [-0.4, -0.2) is 65.9 Å². The van der Waals surface area contributed by atoms with Gasteiger partial charge in [-0.1, -0.05) is 60.7 Å². The lowest BCUT2D eigenvalue weighted by atomic mass is 9.97. The van der Waals surface area contributed by atoms with Crippen LogP contribution in [0, 0.1) is 0 Å². The van der Waals surface area contributed by atoms with Gasteiger partial charge in [-0.2, -0.15) is 0 Å². The summed E-state index contributed by atoms with van der Waals surface area (Å²) in [6, 6.07) is 24.8. The molecule has 43 heavy (non-hydrogen) atoms. The quantitative estimate of drug-likeness (QED) is 0.174. The number of allylic oxidation sites excluding steroid dienone is 1. The predicted molar refractivity (Wildman–Crippen MR) is 157 cm³/mol. The van der Waals surface area contributed by atoms with Crippen molar-refractivity contribution in [2.45, 2.75) is 63.0 Å². The Kier molecular flexibility index (Phi) is 10.8. The van der Waals surface area contributed by atoms with Crippen LogP contribution in [0.15, 0.2) is 104 Å². The van der Waals surface area contributed by atoms with Crippen molar-refractivity contribution < 1.29 is 43.2 Å². The first-order chi connectivity index (χ1) is 20.7. The van der Waals surface area contributed by atoms with Crippen LogP contribution >= 0.6 is 0 Å². The summed E-state index contributed by atoms with van der Waals surface area (Å²) in [5.41, 5.74) is -0.0204. The van der Waals surface area contributed by atoms with Gasteiger partial charge in [0.1, 0.15) is 18.8 Å². The minimum absolute atomic E-state index is 0.227. The second-order valence-electron chi connectivity index (χ2n) is 10.7. The Hall–Kier alpha value is -4.31. The smallest absolute Gasteiger partial charge is 0.338 e. The number of carbonyl (C=O) groups excluding carboxylic acids is 3. The van der Waals surface area contributed by atoms with Gasteiger partial charge in [0, 0.05) is 0 Å². The first-order valence-electron chi connectivity index (χ1n) is 14.0. The maximum absolute atomic E-state index is 13.2. The van der Waals surface area contributed by atoms with Crippen LogP contribution in [0.2, 0.25) is 0 Å². The van der Waals surface area contributed by atoms with Gasteiger partial charge in [0.25, 0.3) is 0 Å². The monoisotopic (exact) mass is 588 g/mol. The van der Waals surface area contributed by atoms with Crippen molar-refractivity contribution in [3.63, 3.8) is 0 Å². The number of benzene rings is 3. The third kappa shape index (κ3) is 8.61. The average Bonchev–Trinajstić information content (AvgIpc) is 3.03. The molecule has 1 fully saturated rings. The van der Waals surface area contributed by atoms with E-state index in [1.165, 1.54) is 0 Å². The largest absolute Gasteiger partial charge is 0.459 e. The second-order valence-corrected chi connectivity index (χ2v) is 10.7. The number of aliphatic hydroxyl groups excluding tert-OH is 1. The number of esters is 3. The predicted octanol–water partition coefficient (Wildman–Crippen LogP) is 5.14. The molecule has 1 aliphatic heterocycles. The molecule has 0 radical (unpaired) electrons. The third-order valence-corrected chi connectivity index (χ3v) is 6.89. The van der Waals surface area contributed by atoms with E-state index in [0.717, 1.165) is 0 Å². The molecule has 9 nitrogen and oxygen atoms in total. The zero-order valence-electron chi connectivity index (χ0n) is 24.2. The second kappa shape index (κ2) is 14.7. The summed E-state index contributed by atoms with van der Waals surface area (Å²) >= 11 is 0. The standard InChI is InChI=1S/C34H36O9/c1-4-5-21-34(2,3)43-33-27(35)29(42-32(38)25-19-13-8-14-20-25)28(41-31(37)24-17-11-7-12-18-24)26(40-33)22-39-30(36)23-15-9-6-10-16-23/h4,6-20,26-29,33,35H,1,5,21-22H2,2-3H3/t26-,27-,28-,29-,33+/m1/s1. The number of hydrogen-bond donors (Lipinski definition) is 1. The van der Waals surface area contributed by atoms with E-state index in [0.29, 0.717) is 18.4 Å². The van der Waals surface area contributed by atoms with Gasteiger partial charge in [-0.25, -0.2) is 14.4 Å². The van der Waals surface area contributed by atoms with Crippen molar-refractivity contribution in [2.24, 2.45) is 0 Å². The molecule has 0 aromatic heterocycles. The van der Waals surface area contributed by atoms with Crippen molar-refractivity contribution in [1.82, 2.24) is 0 Å². The molecule has 1 heterocycles. The molecular formula is C34H36O9. The number of rotatable bonds is 12. The molecule has 1 N–H and O–H groups in total. The average molecular weight is 589 g/mol. The highest BCUT2D eigenvalue weighted by atomic mass is 16.7.